The summed E-state index contributed by atoms with van der Waals surface area (Å²) in [6.07, 6.45) is 3.14. The van der Waals surface area contributed by atoms with Crippen LogP contribution in [0.3, 0.4) is 0 Å². The van der Waals surface area contributed by atoms with Crippen LogP contribution >= 0.6 is 11.8 Å². The Balaban J connectivity index is 1.95. The SMILES string of the molecule is CSC(Nc1ccc(C(C)=O)cc1)=[N+]1c2ccccc2CC1C. The fraction of sp³-hybridized carbons (Fsp3) is 0.263. The molecule has 0 amide bonds. The van der Waals surface area contributed by atoms with E-state index in [9.17, 15) is 4.79 Å². The molecule has 4 heteroatoms. The van der Waals surface area contributed by atoms with Gasteiger partial charge in [0.1, 0.15) is 17.4 Å². The highest BCUT2D eigenvalue weighted by Crippen LogP contribution is 2.31. The van der Waals surface area contributed by atoms with Gasteiger partial charge in [0.25, 0.3) is 0 Å². The number of nitrogens with one attached hydrogen (secondary N) is 1. The number of amidine groups is 1. The smallest absolute Gasteiger partial charge is 0.295 e. The van der Waals surface area contributed by atoms with Gasteiger partial charge < -0.3 is 0 Å². The van der Waals surface area contributed by atoms with Crippen LogP contribution in [0.2, 0.25) is 0 Å². The van der Waals surface area contributed by atoms with Crippen molar-refractivity contribution in [2.45, 2.75) is 26.3 Å². The number of ketones is 1. The van der Waals surface area contributed by atoms with E-state index in [0.717, 1.165) is 22.8 Å². The minimum absolute atomic E-state index is 0.0905. The zero-order chi connectivity index (χ0) is 16.4. The van der Waals surface area contributed by atoms with Gasteiger partial charge >= 0.3 is 5.17 Å². The number of anilines is 1. The van der Waals surface area contributed by atoms with Crippen molar-refractivity contribution in [2.24, 2.45) is 0 Å². The lowest BCUT2D eigenvalue weighted by atomic mass is 10.1. The number of carbonyl (C=O) groups excluding carboxylic acids is 1. The van der Waals surface area contributed by atoms with Gasteiger partial charge in [-0.05, 0) is 62.2 Å². The van der Waals surface area contributed by atoms with Gasteiger partial charge in [-0.2, -0.15) is 0 Å². The molecule has 0 aliphatic carbocycles. The zero-order valence-corrected chi connectivity index (χ0v) is 14.5. The number of carbonyl (C=O) groups is 1. The zero-order valence-electron chi connectivity index (χ0n) is 13.7. The number of nitrogens with zero attached hydrogens (tertiary/aromatic N) is 1. The Morgan fingerprint density at radius 2 is 1.87 bits per heavy atom. The molecule has 0 saturated heterocycles. The fourth-order valence-corrected chi connectivity index (χ4v) is 3.69. The van der Waals surface area contributed by atoms with E-state index in [1.54, 1.807) is 18.7 Å². The summed E-state index contributed by atoms with van der Waals surface area (Å²) < 4.78 is 2.36. The normalized spacial score (nSPS) is 18.5. The quantitative estimate of drug-likeness (QED) is 0.507. The average molecular weight is 325 g/mol. The molecule has 0 bridgehead atoms. The number of thioether (sulfide) groups is 1. The molecule has 2 aromatic rings. The van der Waals surface area contributed by atoms with Crippen molar-refractivity contribution in [2.75, 3.05) is 11.6 Å². The fourth-order valence-electron chi connectivity index (χ4n) is 3.00. The van der Waals surface area contributed by atoms with Crippen molar-refractivity contribution in [1.82, 2.24) is 0 Å². The summed E-state index contributed by atoms with van der Waals surface area (Å²) >= 11 is 1.70. The molecule has 1 aliphatic heterocycles. The molecule has 0 spiro atoms. The predicted octanol–water partition coefficient (Wildman–Crippen LogP) is 4.31. The highest BCUT2D eigenvalue weighted by molar-refractivity contribution is 8.13. The van der Waals surface area contributed by atoms with E-state index in [-0.39, 0.29) is 5.78 Å². The summed E-state index contributed by atoms with van der Waals surface area (Å²) in [7, 11) is 0. The first-order chi connectivity index (χ1) is 11.1. The van der Waals surface area contributed by atoms with Crippen LogP contribution in [0, 0.1) is 0 Å². The lowest BCUT2D eigenvalue weighted by Gasteiger charge is -2.11. The number of benzene rings is 2. The van der Waals surface area contributed by atoms with Crippen LogP contribution in [0.1, 0.15) is 29.8 Å². The number of hydrogen-bond donors (Lipinski definition) is 1. The monoisotopic (exact) mass is 325 g/mol. The van der Waals surface area contributed by atoms with Crippen molar-refractivity contribution < 1.29 is 9.37 Å². The standard InChI is InChI=1S/C19H20N2OS/c1-13-12-16-6-4-5-7-18(16)21(13)19(23-3)20-17-10-8-15(9-11-17)14(2)22/h4-11,13H,12H2,1-3H3/p+1. The van der Waals surface area contributed by atoms with Crippen LogP contribution in [0.5, 0.6) is 0 Å². The first-order valence-electron chi connectivity index (χ1n) is 7.76. The molecule has 1 heterocycles. The average Bonchev–Trinajstić information content (AvgIpc) is 2.89. The second-order valence-electron chi connectivity index (χ2n) is 5.82. The molecule has 0 aromatic heterocycles. The molecule has 23 heavy (non-hydrogen) atoms. The molecule has 0 fully saturated rings. The Hall–Kier alpha value is -2.07. The lowest BCUT2D eigenvalue weighted by molar-refractivity contribution is -0.466. The van der Waals surface area contributed by atoms with E-state index in [4.69, 9.17) is 0 Å². The highest BCUT2D eigenvalue weighted by atomic mass is 32.2. The molecule has 3 nitrogen and oxygen atoms in total. The maximum atomic E-state index is 11.4. The number of hydrogen-bond acceptors (Lipinski definition) is 2. The Bertz CT molecular complexity index is 765. The Labute approximate surface area is 141 Å². The number of fused-ring (bicyclic) bond motifs is 1. The van der Waals surface area contributed by atoms with Crippen molar-refractivity contribution in [3.05, 3.63) is 59.7 Å². The summed E-state index contributed by atoms with van der Waals surface area (Å²) in [5.74, 6) is 0.0905. The minimum Gasteiger partial charge on any atom is -0.295 e. The number of Topliss-reactive ketones (excluding diaryl/α,β-unsaturated/α-hetero) is 1. The lowest BCUT2D eigenvalue weighted by Crippen LogP contribution is -2.26. The summed E-state index contributed by atoms with van der Waals surface area (Å²) in [6.45, 7) is 3.83. The summed E-state index contributed by atoms with van der Waals surface area (Å²) in [5, 5.41) is 4.61. The van der Waals surface area contributed by atoms with Gasteiger partial charge in [0.15, 0.2) is 5.78 Å². The van der Waals surface area contributed by atoms with Crippen molar-refractivity contribution in [3.63, 3.8) is 0 Å². The van der Waals surface area contributed by atoms with Crippen LogP contribution in [0.15, 0.2) is 48.5 Å². The van der Waals surface area contributed by atoms with E-state index >= 15 is 0 Å². The second-order valence-corrected chi connectivity index (χ2v) is 6.61. The van der Waals surface area contributed by atoms with Crippen LogP contribution in [0.25, 0.3) is 0 Å². The van der Waals surface area contributed by atoms with E-state index in [1.165, 1.54) is 11.3 Å². The summed E-state index contributed by atoms with van der Waals surface area (Å²) in [6, 6.07) is 16.6. The Morgan fingerprint density at radius 3 is 2.52 bits per heavy atom. The van der Waals surface area contributed by atoms with Gasteiger partial charge in [-0.25, -0.2) is 9.89 Å². The molecule has 1 atom stereocenters. The van der Waals surface area contributed by atoms with E-state index in [0.29, 0.717) is 6.04 Å². The van der Waals surface area contributed by atoms with Crippen molar-refractivity contribution in [3.8, 4) is 0 Å². The maximum absolute atomic E-state index is 11.4. The third kappa shape index (κ3) is 3.17. The topological polar surface area (TPSA) is 32.1 Å². The minimum atomic E-state index is 0.0905. The summed E-state index contributed by atoms with van der Waals surface area (Å²) in [4.78, 5) is 11.4. The van der Waals surface area contributed by atoms with Gasteiger partial charge in [-0.1, -0.05) is 18.2 Å². The molecule has 1 aliphatic rings. The third-order valence-corrected chi connectivity index (χ3v) is 4.85. The van der Waals surface area contributed by atoms with Gasteiger partial charge in [0.05, 0.1) is 0 Å². The van der Waals surface area contributed by atoms with E-state index < -0.39 is 0 Å². The highest BCUT2D eigenvalue weighted by Gasteiger charge is 2.30. The largest absolute Gasteiger partial charge is 0.316 e. The van der Waals surface area contributed by atoms with Crippen LogP contribution < -0.4 is 5.32 Å². The Kier molecular flexibility index (Phi) is 4.53. The van der Waals surface area contributed by atoms with Crippen LogP contribution in [0.4, 0.5) is 11.4 Å². The van der Waals surface area contributed by atoms with E-state index in [2.05, 4.69) is 47.3 Å². The number of para-hydroxylation sites is 1. The van der Waals surface area contributed by atoms with Crippen LogP contribution in [-0.2, 0) is 6.42 Å². The Morgan fingerprint density at radius 1 is 1.17 bits per heavy atom. The molecule has 2 aromatic carbocycles. The molecule has 118 valence electrons. The summed E-state index contributed by atoms with van der Waals surface area (Å²) in [5.41, 5.74) is 4.40. The molecular formula is C19H21N2OS+. The first-order valence-corrected chi connectivity index (χ1v) is 8.98. The molecule has 1 unspecified atom stereocenters. The van der Waals surface area contributed by atoms with Crippen molar-refractivity contribution >= 4 is 34.1 Å². The molecule has 1 N–H and O–H groups in total. The molecule has 0 saturated carbocycles. The van der Waals surface area contributed by atoms with Gasteiger partial charge in [-0.15, -0.1) is 0 Å². The molecule has 0 radical (unpaired) electrons. The van der Waals surface area contributed by atoms with E-state index in [1.807, 2.05) is 24.3 Å². The predicted molar refractivity (Wildman–Crippen MR) is 98.1 cm³/mol. The third-order valence-electron chi connectivity index (χ3n) is 4.16. The van der Waals surface area contributed by atoms with Crippen LogP contribution in [-0.4, -0.2) is 27.8 Å². The molecular weight excluding hydrogens is 304 g/mol. The van der Waals surface area contributed by atoms with Gasteiger partial charge in [0.2, 0.25) is 0 Å². The maximum Gasteiger partial charge on any atom is 0.316 e. The first kappa shape index (κ1) is 15.8. The number of rotatable bonds is 2. The van der Waals surface area contributed by atoms with Gasteiger partial charge in [0, 0.05) is 17.5 Å². The second kappa shape index (κ2) is 6.59. The van der Waals surface area contributed by atoms with Crippen molar-refractivity contribution in [1.29, 1.82) is 0 Å². The molecule has 3 rings (SSSR count). The van der Waals surface area contributed by atoms with Gasteiger partial charge in [-0.3, -0.25) is 4.79 Å².